The molecule has 7 nitrogen and oxygen atoms in total. The molecule has 162 valence electrons. The molecule has 3 fully saturated rings. The highest BCUT2D eigenvalue weighted by Crippen LogP contribution is 2.38. The normalized spacial score (nSPS) is 26.1. The Bertz CT molecular complexity index is 1020. The Balaban J connectivity index is 1.16. The minimum atomic E-state index is -0.315. The van der Waals surface area contributed by atoms with E-state index < -0.39 is 0 Å². The van der Waals surface area contributed by atoms with Gasteiger partial charge in [-0.15, -0.1) is 0 Å². The Labute approximate surface area is 181 Å². The van der Waals surface area contributed by atoms with Gasteiger partial charge in [-0.1, -0.05) is 18.2 Å². The van der Waals surface area contributed by atoms with E-state index >= 15 is 0 Å². The van der Waals surface area contributed by atoms with E-state index in [1.165, 1.54) is 0 Å². The minimum Gasteiger partial charge on any atom is -0.353 e. The van der Waals surface area contributed by atoms with Crippen LogP contribution in [0.1, 0.15) is 62.6 Å². The predicted molar refractivity (Wildman–Crippen MR) is 117 cm³/mol. The van der Waals surface area contributed by atoms with Gasteiger partial charge in [0.15, 0.2) is 0 Å². The van der Waals surface area contributed by atoms with Crippen LogP contribution in [0.3, 0.4) is 0 Å². The van der Waals surface area contributed by atoms with E-state index in [4.69, 9.17) is 0 Å². The molecule has 1 aromatic carbocycles. The van der Waals surface area contributed by atoms with Gasteiger partial charge in [0.05, 0.1) is 17.7 Å². The topological polar surface area (TPSA) is 84.3 Å². The Morgan fingerprint density at radius 2 is 1.68 bits per heavy atom. The summed E-state index contributed by atoms with van der Waals surface area (Å²) in [6.45, 7) is 0.428. The number of nitrogens with zero attached hydrogens (tertiary/aromatic N) is 3. The Kier molecular flexibility index (Phi) is 5.34. The fraction of sp³-hybridized carbons (Fsp3) is 0.500. The van der Waals surface area contributed by atoms with Crippen LogP contribution in [-0.4, -0.2) is 34.2 Å². The fourth-order valence-corrected chi connectivity index (χ4v) is 4.82. The summed E-state index contributed by atoms with van der Waals surface area (Å²) in [5.41, 5.74) is 1.83. The molecule has 0 bridgehead atoms. The summed E-state index contributed by atoms with van der Waals surface area (Å²) in [5, 5.41) is 7.78. The van der Waals surface area contributed by atoms with Crippen molar-refractivity contribution in [2.75, 3.05) is 11.4 Å². The molecule has 7 heteroatoms. The second kappa shape index (κ2) is 8.29. The van der Waals surface area contributed by atoms with Gasteiger partial charge in [0.25, 0.3) is 5.56 Å². The van der Waals surface area contributed by atoms with Crippen molar-refractivity contribution < 1.29 is 9.59 Å². The van der Waals surface area contributed by atoms with E-state index in [0.29, 0.717) is 12.5 Å². The van der Waals surface area contributed by atoms with E-state index in [0.717, 1.165) is 49.9 Å². The molecule has 1 N–H and O–H groups in total. The van der Waals surface area contributed by atoms with Gasteiger partial charge in [-0.3, -0.25) is 14.4 Å². The van der Waals surface area contributed by atoms with Gasteiger partial charge in [0, 0.05) is 36.7 Å². The van der Waals surface area contributed by atoms with E-state index in [9.17, 15) is 14.4 Å². The quantitative estimate of drug-likeness (QED) is 0.806. The van der Waals surface area contributed by atoms with E-state index in [1.54, 1.807) is 15.6 Å². The maximum atomic E-state index is 12.8. The standard InChI is InChI=1S/C24H28N4O3/c29-22-13-12-21(16-6-7-16)26-28(22)20-10-8-18(9-11-20)25-24(31)17-14-23(30)27(15-17)19-4-2-1-3-5-19/h1-5,12-13,16-18,20H,6-11,14-15H2,(H,25,31). The van der Waals surface area contributed by atoms with Crippen LogP contribution in [0.15, 0.2) is 47.3 Å². The van der Waals surface area contributed by atoms with Crippen LogP contribution in [0, 0.1) is 5.92 Å². The zero-order valence-corrected chi connectivity index (χ0v) is 17.6. The van der Waals surface area contributed by atoms with E-state index in [2.05, 4.69) is 10.4 Å². The number of aromatic nitrogens is 2. The summed E-state index contributed by atoms with van der Waals surface area (Å²) in [4.78, 5) is 39.2. The number of carbonyl (C=O) groups is 2. The number of benzene rings is 1. The maximum absolute atomic E-state index is 12.8. The molecule has 2 aliphatic carbocycles. The first-order chi connectivity index (χ1) is 15.1. The van der Waals surface area contributed by atoms with Crippen LogP contribution in [0.25, 0.3) is 0 Å². The summed E-state index contributed by atoms with van der Waals surface area (Å²) in [5.74, 6) is 0.161. The van der Waals surface area contributed by atoms with Gasteiger partial charge in [-0.2, -0.15) is 5.10 Å². The molecule has 5 rings (SSSR count). The van der Waals surface area contributed by atoms with Gasteiger partial charge in [0.2, 0.25) is 11.8 Å². The fourth-order valence-electron chi connectivity index (χ4n) is 4.82. The number of amides is 2. The summed E-state index contributed by atoms with van der Waals surface area (Å²) in [6, 6.07) is 13.2. The van der Waals surface area contributed by atoms with Crippen molar-refractivity contribution in [2.24, 2.45) is 5.92 Å². The average Bonchev–Trinajstić information content (AvgIpc) is 3.56. The van der Waals surface area contributed by atoms with Crippen LogP contribution < -0.4 is 15.8 Å². The first-order valence-electron chi connectivity index (χ1n) is 11.3. The summed E-state index contributed by atoms with van der Waals surface area (Å²) >= 11 is 0. The smallest absolute Gasteiger partial charge is 0.267 e. The molecule has 0 spiro atoms. The Hall–Kier alpha value is -2.96. The lowest BCUT2D eigenvalue weighted by Gasteiger charge is -2.30. The third kappa shape index (κ3) is 4.27. The Morgan fingerprint density at radius 3 is 2.39 bits per heavy atom. The molecule has 2 heterocycles. The van der Waals surface area contributed by atoms with Crippen molar-refractivity contribution in [1.82, 2.24) is 15.1 Å². The number of nitrogens with one attached hydrogen (secondary N) is 1. The lowest BCUT2D eigenvalue weighted by atomic mass is 9.90. The van der Waals surface area contributed by atoms with Crippen molar-refractivity contribution >= 4 is 17.5 Å². The van der Waals surface area contributed by atoms with Crippen molar-refractivity contribution in [3.8, 4) is 0 Å². The summed E-state index contributed by atoms with van der Waals surface area (Å²) in [6.07, 6.45) is 5.87. The maximum Gasteiger partial charge on any atom is 0.267 e. The third-order valence-electron chi connectivity index (χ3n) is 6.79. The molecule has 31 heavy (non-hydrogen) atoms. The van der Waals surface area contributed by atoms with Crippen LogP contribution in [0.5, 0.6) is 0 Å². The highest BCUT2D eigenvalue weighted by atomic mass is 16.2. The van der Waals surface area contributed by atoms with E-state index in [1.807, 2.05) is 36.4 Å². The minimum absolute atomic E-state index is 0.00366. The Morgan fingerprint density at radius 1 is 0.935 bits per heavy atom. The number of hydrogen-bond donors (Lipinski definition) is 1. The molecule has 2 saturated carbocycles. The van der Waals surface area contributed by atoms with Crippen molar-refractivity contribution in [3.63, 3.8) is 0 Å². The molecule has 2 amide bonds. The number of rotatable bonds is 5. The molecule has 1 atom stereocenters. The summed E-state index contributed by atoms with van der Waals surface area (Å²) < 4.78 is 1.67. The van der Waals surface area contributed by atoms with Crippen LogP contribution >= 0.6 is 0 Å². The first-order valence-corrected chi connectivity index (χ1v) is 11.3. The number of carbonyl (C=O) groups excluding carboxylic acids is 2. The number of anilines is 1. The van der Waals surface area contributed by atoms with Crippen LogP contribution in [0.4, 0.5) is 5.69 Å². The molecule has 1 aliphatic heterocycles. The van der Waals surface area contributed by atoms with Gasteiger partial charge in [0.1, 0.15) is 0 Å². The average molecular weight is 421 g/mol. The van der Waals surface area contributed by atoms with Gasteiger partial charge in [-0.05, 0) is 56.7 Å². The third-order valence-corrected chi connectivity index (χ3v) is 6.79. The number of para-hydroxylation sites is 1. The van der Waals surface area contributed by atoms with Crippen molar-refractivity contribution in [2.45, 2.75) is 62.9 Å². The van der Waals surface area contributed by atoms with Gasteiger partial charge >= 0.3 is 0 Å². The van der Waals surface area contributed by atoms with Crippen LogP contribution in [-0.2, 0) is 9.59 Å². The molecule has 1 aromatic heterocycles. The highest BCUT2D eigenvalue weighted by Gasteiger charge is 2.36. The van der Waals surface area contributed by atoms with Crippen molar-refractivity contribution in [3.05, 3.63) is 58.5 Å². The zero-order valence-electron chi connectivity index (χ0n) is 17.6. The lowest BCUT2D eigenvalue weighted by Crippen LogP contribution is -2.42. The van der Waals surface area contributed by atoms with Gasteiger partial charge < -0.3 is 10.2 Å². The van der Waals surface area contributed by atoms with E-state index in [-0.39, 0.29) is 41.8 Å². The summed E-state index contributed by atoms with van der Waals surface area (Å²) in [7, 11) is 0. The predicted octanol–water partition coefficient (Wildman–Crippen LogP) is 2.77. The van der Waals surface area contributed by atoms with Crippen LogP contribution in [0.2, 0.25) is 0 Å². The molecular weight excluding hydrogens is 392 g/mol. The second-order valence-corrected chi connectivity index (χ2v) is 9.07. The second-order valence-electron chi connectivity index (χ2n) is 9.07. The largest absolute Gasteiger partial charge is 0.353 e. The molecule has 3 aliphatic rings. The SMILES string of the molecule is O=C(NC1CCC(n2nc(C3CC3)ccc2=O)CC1)C1CC(=O)N(c2ccccc2)C1. The molecule has 1 unspecified atom stereocenters. The molecule has 1 saturated heterocycles. The molecule has 2 aromatic rings. The van der Waals surface area contributed by atoms with Crippen molar-refractivity contribution in [1.29, 1.82) is 0 Å². The monoisotopic (exact) mass is 420 g/mol. The zero-order chi connectivity index (χ0) is 21.4. The molecular formula is C24H28N4O3. The number of hydrogen-bond acceptors (Lipinski definition) is 4. The highest BCUT2D eigenvalue weighted by molar-refractivity contribution is 6.00. The first kappa shape index (κ1) is 20.0. The van der Waals surface area contributed by atoms with Gasteiger partial charge in [-0.25, -0.2) is 4.68 Å². The lowest BCUT2D eigenvalue weighted by molar-refractivity contribution is -0.127. The molecule has 0 radical (unpaired) electrons.